The summed E-state index contributed by atoms with van der Waals surface area (Å²) in [6, 6.07) is 1.03. The van der Waals surface area contributed by atoms with Crippen LogP contribution < -0.4 is 0 Å². The zero-order valence-electron chi connectivity index (χ0n) is 25.2. The van der Waals surface area contributed by atoms with Crippen LogP contribution in [0.25, 0.3) is 0 Å². The molecule has 5 heterocycles. The van der Waals surface area contributed by atoms with Crippen molar-refractivity contribution in [3.05, 3.63) is 29.1 Å². The first-order chi connectivity index (χ1) is 21.2. The molecule has 1 aromatic rings. The molecule has 0 spiro atoms. The lowest BCUT2D eigenvalue weighted by Gasteiger charge is -2.36. The fraction of sp³-hybridized carbons (Fsp3) is 0.742. The van der Waals surface area contributed by atoms with Crippen molar-refractivity contribution in [3.63, 3.8) is 0 Å². The number of rotatable bonds is 6. The van der Waals surface area contributed by atoms with E-state index >= 15 is 0 Å². The molecule has 4 fully saturated rings. The third-order valence-corrected chi connectivity index (χ3v) is 10.0. The molecule has 0 N–H and O–H groups in total. The van der Waals surface area contributed by atoms with Crippen LogP contribution in [0.4, 0.5) is 18.0 Å². The highest BCUT2D eigenvalue weighted by molar-refractivity contribution is 5.98. The molecule has 4 aliphatic heterocycles. The summed E-state index contributed by atoms with van der Waals surface area (Å²) in [5.74, 6) is 0.152. The molecule has 3 saturated heterocycles. The first kappa shape index (κ1) is 31.2. The SMILES string of the molecule is COC1COCCC1N=C1C[C@H]2CN(C(=O)OCCC3CCOCC3)C[C@@]2(C(=O)N2CCc3ncc(C(F)(F)F)cc3C2)C1. The molecule has 1 aromatic heterocycles. The van der Waals surface area contributed by atoms with Crippen LogP contribution in [0.5, 0.6) is 0 Å². The Morgan fingerprint density at radius 3 is 2.73 bits per heavy atom. The number of likely N-dealkylation sites (tertiary alicyclic amines) is 1. The molecule has 1 aliphatic carbocycles. The molecule has 242 valence electrons. The number of ether oxygens (including phenoxy) is 4. The van der Waals surface area contributed by atoms with Gasteiger partial charge in [-0.2, -0.15) is 13.2 Å². The first-order valence-electron chi connectivity index (χ1n) is 15.7. The van der Waals surface area contributed by atoms with Crippen molar-refractivity contribution < 1.29 is 41.7 Å². The number of aliphatic imine (C=N–C) groups is 1. The number of methoxy groups -OCH3 is 1. The second-order valence-electron chi connectivity index (χ2n) is 12.8. The smallest absolute Gasteiger partial charge is 0.417 e. The zero-order chi connectivity index (χ0) is 30.9. The van der Waals surface area contributed by atoms with E-state index in [1.807, 2.05) is 0 Å². The van der Waals surface area contributed by atoms with Crippen molar-refractivity contribution >= 4 is 17.7 Å². The summed E-state index contributed by atoms with van der Waals surface area (Å²) in [7, 11) is 1.64. The van der Waals surface area contributed by atoms with Crippen LogP contribution >= 0.6 is 0 Å². The molecule has 10 nitrogen and oxygen atoms in total. The van der Waals surface area contributed by atoms with E-state index in [1.165, 1.54) is 0 Å². The Balaban J connectivity index is 1.19. The number of aromatic nitrogens is 1. The van der Waals surface area contributed by atoms with Gasteiger partial charge in [0.2, 0.25) is 5.91 Å². The first-order valence-corrected chi connectivity index (χ1v) is 15.7. The van der Waals surface area contributed by atoms with Gasteiger partial charge in [0, 0.05) is 83.6 Å². The molecule has 1 saturated carbocycles. The lowest BCUT2D eigenvalue weighted by Crippen LogP contribution is -2.49. The Kier molecular flexibility index (Phi) is 9.17. The van der Waals surface area contributed by atoms with Crippen LogP contribution in [0.3, 0.4) is 0 Å². The summed E-state index contributed by atoms with van der Waals surface area (Å²) >= 11 is 0. The maximum Gasteiger partial charge on any atom is 0.417 e. The molecular weight excluding hydrogens is 581 g/mol. The minimum Gasteiger partial charge on any atom is -0.449 e. The van der Waals surface area contributed by atoms with Crippen molar-refractivity contribution in [2.45, 2.75) is 69.8 Å². The van der Waals surface area contributed by atoms with Crippen LogP contribution in [0, 0.1) is 17.3 Å². The van der Waals surface area contributed by atoms with Crippen molar-refractivity contribution in [2.24, 2.45) is 22.2 Å². The predicted molar refractivity (Wildman–Crippen MR) is 152 cm³/mol. The monoisotopic (exact) mass is 622 g/mol. The van der Waals surface area contributed by atoms with E-state index in [0.29, 0.717) is 69.3 Å². The number of nitrogens with zero attached hydrogens (tertiary/aromatic N) is 4. The number of hydrogen-bond donors (Lipinski definition) is 0. The number of carbonyl (C=O) groups excluding carboxylic acids is 2. The number of carbonyl (C=O) groups is 2. The van der Waals surface area contributed by atoms with Crippen molar-refractivity contribution in [3.8, 4) is 0 Å². The van der Waals surface area contributed by atoms with Crippen LogP contribution in [0.15, 0.2) is 17.3 Å². The largest absolute Gasteiger partial charge is 0.449 e. The highest BCUT2D eigenvalue weighted by Crippen LogP contribution is 2.50. The number of pyridine rings is 1. The molecule has 4 atom stereocenters. The molecular formula is C31H41F3N4O6. The second-order valence-corrected chi connectivity index (χ2v) is 12.8. The van der Waals surface area contributed by atoms with E-state index in [-0.39, 0.29) is 37.1 Å². The fourth-order valence-corrected chi connectivity index (χ4v) is 7.53. The van der Waals surface area contributed by atoms with Crippen molar-refractivity contribution in [2.75, 3.05) is 59.8 Å². The normalized spacial score (nSPS) is 30.4. The fourth-order valence-electron chi connectivity index (χ4n) is 7.53. The van der Waals surface area contributed by atoms with Gasteiger partial charge in [0.05, 0.1) is 30.2 Å². The third-order valence-electron chi connectivity index (χ3n) is 10.0. The molecule has 2 amide bonds. The molecule has 13 heteroatoms. The Hall–Kier alpha value is -2.77. The third kappa shape index (κ3) is 6.46. The van der Waals surface area contributed by atoms with Gasteiger partial charge in [0.15, 0.2) is 0 Å². The van der Waals surface area contributed by atoms with Crippen LogP contribution in [-0.4, -0.2) is 104 Å². The Labute approximate surface area is 255 Å². The highest BCUT2D eigenvalue weighted by atomic mass is 19.4. The molecule has 2 unspecified atom stereocenters. The zero-order valence-corrected chi connectivity index (χ0v) is 25.2. The predicted octanol–water partition coefficient (Wildman–Crippen LogP) is 3.90. The van der Waals surface area contributed by atoms with Gasteiger partial charge in [0.25, 0.3) is 0 Å². The number of hydrogen-bond acceptors (Lipinski definition) is 8. The summed E-state index contributed by atoms with van der Waals surface area (Å²) in [4.78, 5) is 40.0. The average Bonchev–Trinajstić information content (AvgIpc) is 3.55. The lowest BCUT2D eigenvalue weighted by molar-refractivity contribution is -0.143. The number of amides is 2. The summed E-state index contributed by atoms with van der Waals surface area (Å²) in [6.45, 7) is 3.79. The second kappa shape index (κ2) is 12.9. The number of halogens is 3. The molecule has 0 radical (unpaired) electrons. The maximum atomic E-state index is 14.4. The Morgan fingerprint density at radius 2 is 1.95 bits per heavy atom. The Morgan fingerprint density at radius 1 is 1.16 bits per heavy atom. The molecule has 6 rings (SSSR count). The van der Waals surface area contributed by atoms with Crippen molar-refractivity contribution in [1.29, 1.82) is 0 Å². The molecule has 5 aliphatic rings. The van der Waals surface area contributed by atoms with Crippen molar-refractivity contribution in [1.82, 2.24) is 14.8 Å². The minimum atomic E-state index is -4.52. The summed E-state index contributed by atoms with van der Waals surface area (Å²) < 4.78 is 62.5. The van der Waals surface area contributed by atoms with Gasteiger partial charge in [-0.3, -0.25) is 14.8 Å². The Bertz CT molecular complexity index is 1260. The van der Waals surface area contributed by atoms with E-state index in [4.69, 9.17) is 23.9 Å². The van der Waals surface area contributed by atoms with Gasteiger partial charge < -0.3 is 28.7 Å². The summed E-state index contributed by atoms with van der Waals surface area (Å²) in [6.07, 6.45) is 0.484. The summed E-state index contributed by atoms with van der Waals surface area (Å²) in [5, 5.41) is 0. The van der Waals surface area contributed by atoms with E-state index in [2.05, 4.69) is 4.98 Å². The van der Waals surface area contributed by atoms with Gasteiger partial charge >= 0.3 is 12.3 Å². The number of fused-ring (bicyclic) bond motifs is 2. The van der Waals surface area contributed by atoms with Crippen LogP contribution in [0.2, 0.25) is 0 Å². The average molecular weight is 623 g/mol. The highest BCUT2D eigenvalue weighted by Gasteiger charge is 2.59. The number of alkyl halides is 3. The van der Waals surface area contributed by atoms with Crippen LogP contribution in [-0.2, 0) is 42.9 Å². The van der Waals surface area contributed by atoms with Gasteiger partial charge in [-0.15, -0.1) is 0 Å². The van der Waals surface area contributed by atoms with Gasteiger partial charge in [-0.1, -0.05) is 0 Å². The van der Waals surface area contributed by atoms with E-state index in [0.717, 1.165) is 56.9 Å². The molecule has 0 aromatic carbocycles. The standard InChI is InChI=1S/C31H41F3N4O6/c1-41-27-18-43-10-6-26(27)36-24-13-23-17-38(29(40)44-11-5-20-3-8-42-9-4-20)19-30(23,14-24)28(39)37-7-2-25-21(16-37)12-22(15-35-25)31(32,33)34/h12,15,20,23,26-27H,2-11,13-14,16-19H2,1H3/t23-,26?,27?,30-/m0/s1. The summed E-state index contributed by atoms with van der Waals surface area (Å²) in [5.41, 5.74) is 0.168. The van der Waals surface area contributed by atoms with Crippen LogP contribution in [0.1, 0.15) is 55.3 Å². The maximum absolute atomic E-state index is 14.4. The van der Waals surface area contributed by atoms with Gasteiger partial charge in [-0.05, 0) is 55.6 Å². The molecule has 44 heavy (non-hydrogen) atoms. The molecule has 0 bridgehead atoms. The van der Waals surface area contributed by atoms with Gasteiger partial charge in [0.1, 0.15) is 6.10 Å². The van der Waals surface area contributed by atoms with Gasteiger partial charge in [-0.25, -0.2) is 4.79 Å². The minimum absolute atomic E-state index is 0.0489. The lowest BCUT2D eigenvalue weighted by atomic mass is 9.79. The quantitative estimate of drug-likeness (QED) is 0.474. The van der Waals surface area contributed by atoms with E-state index in [1.54, 1.807) is 16.9 Å². The topological polar surface area (TPSA) is 103 Å². The van der Waals surface area contributed by atoms with E-state index < -0.39 is 23.2 Å². The van der Waals surface area contributed by atoms with E-state index in [9.17, 15) is 22.8 Å².